The molecule has 0 aliphatic carbocycles. The molecule has 140 valence electrons. The molecule has 9 heteroatoms. The van der Waals surface area contributed by atoms with Crippen molar-refractivity contribution < 1.29 is 17.9 Å². The van der Waals surface area contributed by atoms with Crippen LogP contribution in [0.5, 0.6) is 5.75 Å². The first kappa shape index (κ1) is 20.5. The van der Waals surface area contributed by atoms with Crippen molar-refractivity contribution in [3.05, 3.63) is 58.1 Å². The summed E-state index contributed by atoms with van der Waals surface area (Å²) in [6.07, 6.45) is -0.445. The Morgan fingerprint density at radius 1 is 1.19 bits per heavy atom. The number of benzene rings is 2. The van der Waals surface area contributed by atoms with Gasteiger partial charge in [-0.3, -0.25) is 4.79 Å². The average molecular weight is 417 g/mol. The minimum atomic E-state index is -4.01. The molecule has 2 aromatic rings. The summed E-state index contributed by atoms with van der Waals surface area (Å²) in [5, 5.41) is 0.635. The van der Waals surface area contributed by atoms with Crippen molar-refractivity contribution in [2.45, 2.75) is 24.3 Å². The lowest BCUT2D eigenvalue weighted by Gasteiger charge is -2.16. The van der Waals surface area contributed by atoms with Crippen molar-refractivity contribution in [1.29, 1.82) is 0 Å². The Balaban J connectivity index is 2.06. The maximum absolute atomic E-state index is 12.3. The smallest absolute Gasteiger partial charge is 0.274 e. The minimum Gasteiger partial charge on any atom is -0.479 e. The molecule has 0 saturated heterocycles. The number of hydrogen-bond acceptors (Lipinski definition) is 5. The van der Waals surface area contributed by atoms with E-state index in [0.29, 0.717) is 18.0 Å². The lowest BCUT2D eigenvalue weighted by molar-refractivity contribution is -0.125. The van der Waals surface area contributed by atoms with Crippen LogP contribution in [0.25, 0.3) is 0 Å². The summed E-state index contributed by atoms with van der Waals surface area (Å²) in [7, 11) is -4.01. The summed E-state index contributed by atoms with van der Waals surface area (Å²) >= 11 is 11.8. The largest absolute Gasteiger partial charge is 0.479 e. The zero-order valence-corrected chi connectivity index (χ0v) is 16.2. The van der Waals surface area contributed by atoms with E-state index >= 15 is 0 Å². The SMILES string of the molecule is CC(Oc1ccc(Cl)cc1Cl)C(=O)NS(=O)(=O)c1ccc(CCN)cc1. The van der Waals surface area contributed by atoms with Crippen molar-refractivity contribution in [2.24, 2.45) is 5.73 Å². The number of halogens is 2. The summed E-state index contributed by atoms with van der Waals surface area (Å²) in [4.78, 5) is 12.2. The van der Waals surface area contributed by atoms with Crippen LogP contribution in [0.2, 0.25) is 10.0 Å². The van der Waals surface area contributed by atoms with Gasteiger partial charge >= 0.3 is 0 Å². The molecule has 0 radical (unpaired) electrons. The van der Waals surface area contributed by atoms with Gasteiger partial charge in [-0.25, -0.2) is 13.1 Å². The standard InChI is InChI=1S/C17H18Cl2N2O4S/c1-11(25-16-7-4-13(18)10-15(16)19)17(22)21-26(23,24)14-5-2-12(3-6-14)8-9-20/h2-7,10-11H,8-9,20H2,1H3,(H,21,22). The minimum absolute atomic E-state index is 0.0247. The van der Waals surface area contributed by atoms with Crippen LogP contribution in [-0.4, -0.2) is 27.0 Å². The molecule has 6 nitrogen and oxygen atoms in total. The molecule has 1 amide bonds. The van der Waals surface area contributed by atoms with Crippen molar-refractivity contribution in [1.82, 2.24) is 4.72 Å². The van der Waals surface area contributed by atoms with Gasteiger partial charge in [0, 0.05) is 5.02 Å². The molecule has 3 N–H and O–H groups in total. The van der Waals surface area contributed by atoms with Gasteiger partial charge in [-0.1, -0.05) is 35.3 Å². The maximum Gasteiger partial charge on any atom is 0.274 e. The Morgan fingerprint density at radius 2 is 1.85 bits per heavy atom. The lowest BCUT2D eigenvalue weighted by atomic mass is 10.2. The number of amides is 1. The molecule has 26 heavy (non-hydrogen) atoms. The van der Waals surface area contributed by atoms with Crippen LogP contribution in [0.3, 0.4) is 0 Å². The first-order valence-corrected chi connectivity index (χ1v) is 9.94. The molecule has 0 aliphatic rings. The first-order chi connectivity index (χ1) is 12.2. The highest BCUT2D eigenvalue weighted by Crippen LogP contribution is 2.28. The maximum atomic E-state index is 12.3. The van der Waals surface area contributed by atoms with Crippen LogP contribution in [0.4, 0.5) is 0 Å². The molecule has 0 spiro atoms. The van der Waals surface area contributed by atoms with E-state index in [1.165, 1.54) is 31.2 Å². The van der Waals surface area contributed by atoms with E-state index in [4.69, 9.17) is 33.7 Å². The molecule has 1 atom stereocenters. The first-order valence-electron chi connectivity index (χ1n) is 7.70. The highest BCUT2D eigenvalue weighted by Gasteiger charge is 2.23. The van der Waals surface area contributed by atoms with Gasteiger partial charge < -0.3 is 10.5 Å². The molecule has 1 unspecified atom stereocenters. The number of sulfonamides is 1. The molecule has 0 aliphatic heterocycles. The molecule has 2 aromatic carbocycles. The summed E-state index contributed by atoms with van der Waals surface area (Å²) in [5.41, 5.74) is 6.37. The second-order valence-electron chi connectivity index (χ2n) is 5.49. The predicted octanol–water partition coefficient (Wildman–Crippen LogP) is 2.77. The Kier molecular flexibility index (Phi) is 6.88. The van der Waals surface area contributed by atoms with Crippen LogP contribution in [0, 0.1) is 0 Å². The number of nitrogens with two attached hydrogens (primary N) is 1. The topological polar surface area (TPSA) is 98.5 Å². The third-order valence-electron chi connectivity index (χ3n) is 3.47. The fourth-order valence-electron chi connectivity index (χ4n) is 2.09. The summed E-state index contributed by atoms with van der Waals surface area (Å²) < 4.78 is 32.1. The summed E-state index contributed by atoms with van der Waals surface area (Å²) in [6.45, 7) is 1.88. The van der Waals surface area contributed by atoms with Crippen molar-refractivity contribution >= 4 is 39.1 Å². The molecular formula is C17H18Cl2N2O4S. The van der Waals surface area contributed by atoms with Gasteiger partial charge in [-0.2, -0.15) is 0 Å². The Hall–Kier alpha value is -1.80. The number of rotatable bonds is 7. The third kappa shape index (κ3) is 5.35. The molecule has 0 aromatic heterocycles. The van der Waals surface area contributed by atoms with E-state index in [1.54, 1.807) is 18.2 Å². The van der Waals surface area contributed by atoms with E-state index in [0.717, 1.165) is 5.56 Å². The average Bonchev–Trinajstić information content (AvgIpc) is 2.57. The molecule has 0 heterocycles. The third-order valence-corrected chi connectivity index (χ3v) is 5.36. The summed E-state index contributed by atoms with van der Waals surface area (Å²) in [5.74, 6) is -0.593. The molecular weight excluding hydrogens is 399 g/mol. The molecule has 2 rings (SSSR count). The Bertz CT molecular complexity index is 886. The number of carbonyl (C=O) groups is 1. The van der Waals surface area contributed by atoms with Gasteiger partial charge in [-0.15, -0.1) is 0 Å². The quantitative estimate of drug-likeness (QED) is 0.722. The zero-order chi connectivity index (χ0) is 19.3. The fourth-order valence-corrected chi connectivity index (χ4v) is 3.59. The van der Waals surface area contributed by atoms with Gasteiger partial charge in [-0.05, 0) is 55.8 Å². The van der Waals surface area contributed by atoms with Crippen molar-refractivity contribution in [3.8, 4) is 5.75 Å². The van der Waals surface area contributed by atoms with E-state index < -0.39 is 22.0 Å². The Morgan fingerprint density at radius 3 is 2.42 bits per heavy atom. The Labute approximate surface area is 162 Å². The highest BCUT2D eigenvalue weighted by molar-refractivity contribution is 7.90. The van der Waals surface area contributed by atoms with E-state index in [-0.39, 0.29) is 15.7 Å². The highest BCUT2D eigenvalue weighted by atomic mass is 35.5. The van der Waals surface area contributed by atoms with Crippen molar-refractivity contribution in [2.75, 3.05) is 6.54 Å². The normalized spacial score (nSPS) is 12.5. The number of nitrogens with one attached hydrogen (secondary N) is 1. The van der Waals surface area contributed by atoms with Gasteiger partial charge in [0.05, 0.1) is 9.92 Å². The predicted molar refractivity (Wildman–Crippen MR) is 101 cm³/mol. The summed E-state index contributed by atoms with van der Waals surface area (Å²) in [6, 6.07) is 10.7. The van der Waals surface area contributed by atoms with E-state index in [2.05, 4.69) is 0 Å². The van der Waals surface area contributed by atoms with Crippen LogP contribution < -0.4 is 15.2 Å². The molecule has 0 bridgehead atoms. The number of hydrogen-bond donors (Lipinski definition) is 2. The molecule has 0 saturated carbocycles. The van der Waals surface area contributed by atoms with Crippen LogP contribution >= 0.6 is 23.2 Å². The van der Waals surface area contributed by atoms with Crippen molar-refractivity contribution in [3.63, 3.8) is 0 Å². The van der Waals surface area contributed by atoms with Gasteiger partial charge in [0.2, 0.25) is 0 Å². The van der Waals surface area contributed by atoms with Gasteiger partial charge in [0.1, 0.15) is 5.75 Å². The van der Waals surface area contributed by atoms with Gasteiger partial charge in [0.15, 0.2) is 6.10 Å². The van der Waals surface area contributed by atoms with E-state index in [1.807, 2.05) is 4.72 Å². The number of carbonyl (C=O) groups excluding carboxylic acids is 1. The van der Waals surface area contributed by atoms with Crippen LogP contribution in [-0.2, 0) is 21.2 Å². The van der Waals surface area contributed by atoms with E-state index in [9.17, 15) is 13.2 Å². The monoisotopic (exact) mass is 416 g/mol. The number of ether oxygens (including phenoxy) is 1. The van der Waals surface area contributed by atoms with Crippen LogP contribution in [0.15, 0.2) is 47.4 Å². The van der Waals surface area contributed by atoms with Crippen LogP contribution in [0.1, 0.15) is 12.5 Å². The lowest BCUT2D eigenvalue weighted by Crippen LogP contribution is -2.40. The second-order valence-corrected chi connectivity index (χ2v) is 8.01. The fraction of sp³-hybridized carbons (Fsp3) is 0.235. The molecule has 0 fully saturated rings. The van der Waals surface area contributed by atoms with Gasteiger partial charge in [0.25, 0.3) is 15.9 Å². The second kappa shape index (κ2) is 8.73. The zero-order valence-electron chi connectivity index (χ0n) is 13.9.